The first-order valence-electron chi connectivity index (χ1n) is 7.51. The van der Waals surface area contributed by atoms with E-state index in [-0.39, 0.29) is 18.7 Å². The fourth-order valence-corrected chi connectivity index (χ4v) is 3.49. The number of benzene rings is 1. The molecule has 1 amide bonds. The van der Waals surface area contributed by atoms with Crippen molar-refractivity contribution < 1.29 is 14.3 Å². The van der Waals surface area contributed by atoms with Crippen LogP contribution in [0.4, 0.5) is 5.13 Å². The number of anilines is 1. The lowest BCUT2D eigenvalue weighted by atomic mass is 10.2. The zero-order chi connectivity index (χ0) is 18.1. The maximum atomic E-state index is 11.8. The van der Waals surface area contributed by atoms with Crippen LogP contribution in [0.2, 0.25) is 0 Å². The van der Waals surface area contributed by atoms with Gasteiger partial charge in [0, 0.05) is 12.2 Å². The summed E-state index contributed by atoms with van der Waals surface area (Å²) in [5.41, 5.74) is 1.69. The molecule has 0 aliphatic rings. The second kappa shape index (κ2) is 9.76. The maximum absolute atomic E-state index is 11.8. The molecule has 0 unspecified atom stereocenters. The van der Waals surface area contributed by atoms with Crippen molar-refractivity contribution in [1.29, 1.82) is 5.26 Å². The Kier molecular flexibility index (Phi) is 7.37. The molecule has 25 heavy (non-hydrogen) atoms. The zero-order valence-electron chi connectivity index (χ0n) is 13.5. The number of hydrogen-bond acceptors (Lipinski definition) is 8. The van der Waals surface area contributed by atoms with Gasteiger partial charge in [-0.1, -0.05) is 35.2 Å². The molecule has 2 rings (SSSR count). The molecular weight excluding hydrogens is 360 g/mol. The van der Waals surface area contributed by atoms with Crippen molar-refractivity contribution in [3.05, 3.63) is 35.4 Å². The van der Waals surface area contributed by atoms with Crippen molar-refractivity contribution in [1.82, 2.24) is 10.2 Å². The van der Waals surface area contributed by atoms with E-state index in [1.54, 1.807) is 19.1 Å². The van der Waals surface area contributed by atoms with Gasteiger partial charge in [-0.25, -0.2) is 0 Å². The van der Waals surface area contributed by atoms with Gasteiger partial charge in [-0.15, -0.1) is 10.2 Å². The number of nitriles is 1. The van der Waals surface area contributed by atoms with Gasteiger partial charge in [0.15, 0.2) is 4.34 Å². The van der Waals surface area contributed by atoms with Crippen LogP contribution < -0.4 is 5.32 Å². The summed E-state index contributed by atoms with van der Waals surface area (Å²) in [7, 11) is 0. The Morgan fingerprint density at radius 1 is 1.28 bits per heavy atom. The normalized spacial score (nSPS) is 10.1. The zero-order valence-corrected chi connectivity index (χ0v) is 15.2. The Labute approximate surface area is 153 Å². The van der Waals surface area contributed by atoms with Crippen molar-refractivity contribution in [2.75, 3.05) is 11.9 Å². The molecule has 0 aliphatic heterocycles. The van der Waals surface area contributed by atoms with E-state index < -0.39 is 5.97 Å². The number of carbonyl (C=O) groups excluding carboxylic acids is 2. The minimum Gasteiger partial charge on any atom is -0.466 e. The summed E-state index contributed by atoms with van der Waals surface area (Å²) in [4.78, 5) is 23.0. The average molecular weight is 376 g/mol. The van der Waals surface area contributed by atoms with Crippen LogP contribution in [0.3, 0.4) is 0 Å². The van der Waals surface area contributed by atoms with Crippen LogP contribution >= 0.6 is 23.1 Å². The summed E-state index contributed by atoms with van der Waals surface area (Å²) in [5, 5.41) is 19.7. The van der Waals surface area contributed by atoms with Crippen molar-refractivity contribution in [3.63, 3.8) is 0 Å². The third kappa shape index (κ3) is 6.52. The SMILES string of the molecule is CCOC(=O)CCC(=O)Nc1nnc(SCc2ccc(C#N)cc2)s1. The Morgan fingerprint density at radius 2 is 2.04 bits per heavy atom. The minimum absolute atomic E-state index is 0.0405. The molecule has 7 nitrogen and oxygen atoms in total. The second-order valence-electron chi connectivity index (χ2n) is 4.82. The van der Waals surface area contributed by atoms with Crippen LogP contribution in [-0.2, 0) is 20.1 Å². The van der Waals surface area contributed by atoms with Gasteiger partial charge in [-0.05, 0) is 24.6 Å². The highest BCUT2D eigenvalue weighted by Gasteiger charge is 2.11. The van der Waals surface area contributed by atoms with Gasteiger partial charge in [0.25, 0.3) is 0 Å². The Hall–Kier alpha value is -2.44. The molecule has 130 valence electrons. The number of aromatic nitrogens is 2. The topological polar surface area (TPSA) is 105 Å². The highest BCUT2D eigenvalue weighted by atomic mass is 32.2. The van der Waals surface area contributed by atoms with Gasteiger partial charge in [0.2, 0.25) is 11.0 Å². The van der Waals surface area contributed by atoms with Gasteiger partial charge in [0.1, 0.15) is 0 Å². The summed E-state index contributed by atoms with van der Waals surface area (Å²) < 4.78 is 5.50. The van der Waals surface area contributed by atoms with Crippen LogP contribution in [-0.4, -0.2) is 28.7 Å². The third-order valence-electron chi connectivity index (χ3n) is 2.96. The molecule has 0 aliphatic carbocycles. The monoisotopic (exact) mass is 376 g/mol. The van der Waals surface area contributed by atoms with Gasteiger partial charge < -0.3 is 10.1 Å². The van der Waals surface area contributed by atoms with E-state index >= 15 is 0 Å². The molecule has 0 atom stereocenters. The van der Waals surface area contributed by atoms with Crippen LogP contribution in [0.1, 0.15) is 30.9 Å². The molecule has 1 aromatic carbocycles. The molecule has 9 heteroatoms. The van der Waals surface area contributed by atoms with Gasteiger partial charge in [-0.2, -0.15) is 5.26 Å². The molecule has 1 N–H and O–H groups in total. The van der Waals surface area contributed by atoms with E-state index in [9.17, 15) is 9.59 Å². The maximum Gasteiger partial charge on any atom is 0.306 e. The minimum atomic E-state index is -0.395. The first kappa shape index (κ1) is 18.9. The lowest BCUT2D eigenvalue weighted by Crippen LogP contribution is -2.14. The molecule has 2 aromatic rings. The predicted molar refractivity (Wildman–Crippen MR) is 95.1 cm³/mol. The first-order valence-corrected chi connectivity index (χ1v) is 9.31. The molecule has 1 aromatic heterocycles. The fourth-order valence-electron chi connectivity index (χ4n) is 1.77. The van der Waals surface area contributed by atoms with Crippen LogP contribution in [0, 0.1) is 11.3 Å². The first-order chi connectivity index (χ1) is 12.1. The standard InChI is InChI=1S/C16H16N4O3S2/c1-2-23-14(22)8-7-13(21)18-15-19-20-16(25-15)24-10-12-5-3-11(9-17)4-6-12/h3-6H,2,7-8,10H2,1H3,(H,18,19,21). The van der Waals surface area contributed by atoms with Crippen molar-refractivity contribution in [3.8, 4) is 6.07 Å². The fraction of sp³-hybridized carbons (Fsp3) is 0.312. The third-order valence-corrected chi connectivity index (χ3v) is 5.00. The largest absolute Gasteiger partial charge is 0.466 e. The highest BCUT2D eigenvalue weighted by molar-refractivity contribution is 8.00. The van der Waals surface area contributed by atoms with E-state index in [0.29, 0.717) is 23.1 Å². The number of esters is 1. The Balaban J connectivity index is 1.78. The van der Waals surface area contributed by atoms with E-state index in [1.807, 2.05) is 12.1 Å². The number of nitrogens with one attached hydrogen (secondary N) is 1. The lowest BCUT2D eigenvalue weighted by molar-refractivity contribution is -0.144. The molecule has 0 saturated heterocycles. The van der Waals surface area contributed by atoms with Crippen LogP contribution in [0.15, 0.2) is 28.6 Å². The van der Waals surface area contributed by atoms with Crippen LogP contribution in [0.5, 0.6) is 0 Å². The van der Waals surface area contributed by atoms with Crippen molar-refractivity contribution >= 4 is 40.1 Å². The Bertz CT molecular complexity index is 768. The van der Waals surface area contributed by atoms with Crippen molar-refractivity contribution in [2.24, 2.45) is 0 Å². The Morgan fingerprint density at radius 3 is 2.72 bits per heavy atom. The summed E-state index contributed by atoms with van der Waals surface area (Å²) in [6, 6.07) is 9.40. The van der Waals surface area contributed by atoms with E-state index in [1.165, 1.54) is 23.1 Å². The van der Waals surface area contributed by atoms with Gasteiger partial charge in [0.05, 0.1) is 24.7 Å². The highest BCUT2D eigenvalue weighted by Crippen LogP contribution is 2.28. The molecule has 0 spiro atoms. The van der Waals surface area contributed by atoms with E-state index in [4.69, 9.17) is 10.00 Å². The summed E-state index contributed by atoms with van der Waals surface area (Å²) in [6.45, 7) is 2.02. The number of rotatable bonds is 8. The number of ether oxygens (including phenoxy) is 1. The number of amides is 1. The van der Waals surface area contributed by atoms with E-state index in [0.717, 1.165) is 9.90 Å². The number of hydrogen-bond donors (Lipinski definition) is 1. The summed E-state index contributed by atoms with van der Waals surface area (Å²) in [6.07, 6.45) is 0.0882. The van der Waals surface area contributed by atoms with Gasteiger partial charge >= 0.3 is 5.97 Å². The predicted octanol–water partition coefficient (Wildman–Crippen LogP) is 2.98. The van der Waals surface area contributed by atoms with E-state index in [2.05, 4.69) is 21.6 Å². The quantitative estimate of drug-likeness (QED) is 0.429. The molecule has 0 bridgehead atoms. The van der Waals surface area contributed by atoms with Crippen LogP contribution in [0.25, 0.3) is 0 Å². The molecular formula is C16H16N4O3S2. The number of nitrogens with zero attached hydrogens (tertiary/aromatic N) is 3. The van der Waals surface area contributed by atoms with Gasteiger partial charge in [-0.3, -0.25) is 9.59 Å². The smallest absolute Gasteiger partial charge is 0.306 e. The summed E-state index contributed by atoms with van der Waals surface area (Å²) >= 11 is 2.77. The number of carbonyl (C=O) groups is 2. The second-order valence-corrected chi connectivity index (χ2v) is 7.02. The molecule has 0 fully saturated rings. The lowest BCUT2D eigenvalue weighted by Gasteiger charge is -2.01. The molecule has 1 heterocycles. The summed E-state index contributed by atoms with van der Waals surface area (Å²) in [5.74, 6) is -0.00152. The molecule has 0 saturated carbocycles. The van der Waals surface area contributed by atoms with Crippen molar-refractivity contribution in [2.45, 2.75) is 29.9 Å². The average Bonchev–Trinajstić information content (AvgIpc) is 3.06. The number of thioether (sulfide) groups is 1. The molecule has 0 radical (unpaired) electrons.